The molecule has 1 aromatic heterocycles. The quantitative estimate of drug-likeness (QED) is 0.861. The number of aliphatic hydroxyl groups excluding tert-OH is 1. The van der Waals surface area contributed by atoms with Crippen LogP contribution in [0.25, 0.3) is 0 Å². The lowest BCUT2D eigenvalue weighted by atomic mass is 10.0. The number of benzene rings is 1. The van der Waals surface area contributed by atoms with Crippen molar-refractivity contribution in [3.8, 4) is 0 Å². The highest BCUT2D eigenvalue weighted by atomic mass is 32.1. The molecule has 2 atom stereocenters. The lowest BCUT2D eigenvalue weighted by molar-refractivity contribution is 0.0851. The Balaban J connectivity index is 1.91. The SMILES string of the molecule is CCc1cnc(C(=O)N[C@H](C)[C@H](O)Cc2ccccc2)s1. The van der Waals surface area contributed by atoms with Crippen molar-refractivity contribution in [1.82, 2.24) is 10.3 Å². The maximum atomic E-state index is 12.1. The van der Waals surface area contributed by atoms with E-state index in [9.17, 15) is 9.90 Å². The Morgan fingerprint density at radius 2 is 2.10 bits per heavy atom. The summed E-state index contributed by atoms with van der Waals surface area (Å²) in [5.74, 6) is -0.223. The molecular formula is C16H20N2O2S. The summed E-state index contributed by atoms with van der Waals surface area (Å²) in [5.41, 5.74) is 1.05. The molecule has 0 saturated heterocycles. The van der Waals surface area contributed by atoms with Crippen LogP contribution < -0.4 is 5.32 Å². The summed E-state index contributed by atoms with van der Waals surface area (Å²) in [7, 11) is 0. The minimum atomic E-state index is -0.623. The number of carbonyl (C=O) groups is 1. The Morgan fingerprint density at radius 1 is 1.38 bits per heavy atom. The van der Waals surface area contributed by atoms with Crippen LogP contribution in [0.5, 0.6) is 0 Å². The number of carbonyl (C=O) groups excluding carboxylic acids is 1. The first-order valence-electron chi connectivity index (χ1n) is 7.07. The first-order chi connectivity index (χ1) is 10.1. The van der Waals surface area contributed by atoms with E-state index in [0.29, 0.717) is 11.4 Å². The number of nitrogens with zero attached hydrogens (tertiary/aromatic N) is 1. The smallest absolute Gasteiger partial charge is 0.280 e. The second-order valence-corrected chi connectivity index (χ2v) is 6.12. The molecule has 0 aliphatic heterocycles. The van der Waals surface area contributed by atoms with Crippen LogP contribution in [0.2, 0.25) is 0 Å². The number of aliphatic hydroxyl groups is 1. The molecule has 0 aliphatic carbocycles. The summed E-state index contributed by atoms with van der Waals surface area (Å²) in [6.45, 7) is 3.83. The standard InChI is InChI=1S/C16H20N2O2S/c1-3-13-10-17-16(21-13)15(20)18-11(2)14(19)9-12-7-5-4-6-8-12/h4-8,10-11,14,19H,3,9H2,1-2H3,(H,18,20)/t11-,14-/m1/s1. The molecule has 0 radical (unpaired) electrons. The molecule has 2 aromatic rings. The number of aryl methyl sites for hydroxylation is 1. The molecule has 2 rings (SSSR count). The third-order valence-electron chi connectivity index (χ3n) is 3.32. The number of rotatable bonds is 6. The maximum Gasteiger partial charge on any atom is 0.280 e. The Hall–Kier alpha value is -1.72. The molecular weight excluding hydrogens is 284 g/mol. The summed E-state index contributed by atoms with van der Waals surface area (Å²) in [5, 5.41) is 13.4. The number of nitrogens with one attached hydrogen (secondary N) is 1. The van der Waals surface area contributed by atoms with Gasteiger partial charge < -0.3 is 10.4 Å². The Morgan fingerprint density at radius 3 is 2.71 bits per heavy atom. The summed E-state index contributed by atoms with van der Waals surface area (Å²) < 4.78 is 0. The summed E-state index contributed by atoms with van der Waals surface area (Å²) in [6, 6.07) is 9.42. The average Bonchev–Trinajstić information content (AvgIpc) is 2.97. The van der Waals surface area contributed by atoms with Gasteiger partial charge in [-0.05, 0) is 18.9 Å². The van der Waals surface area contributed by atoms with Crippen molar-refractivity contribution in [2.45, 2.75) is 38.8 Å². The van der Waals surface area contributed by atoms with Crippen LogP contribution in [0.1, 0.15) is 34.1 Å². The van der Waals surface area contributed by atoms with Crippen LogP contribution in [0, 0.1) is 0 Å². The van der Waals surface area contributed by atoms with Gasteiger partial charge in [-0.1, -0.05) is 37.3 Å². The van der Waals surface area contributed by atoms with Gasteiger partial charge in [-0.15, -0.1) is 11.3 Å². The molecule has 0 bridgehead atoms. The molecule has 5 heteroatoms. The molecule has 0 fully saturated rings. The van der Waals surface area contributed by atoms with Crippen LogP contribution in [0.3, 0.4) is 0 Å². The molecule has 0 aliphatic rings. The number of thiazole rings is 1. The summed E-state index contributed by atoms with van der Waals surface area (Å²) in [6.07, 6.45) is 2.49. The predicted molar refractivity (Wildman–Crippen MR) is 84.6 cm³/mol. The van der Waals surface area contributed by atoms with Crippen molar-refractivity contribution in [2.24, 2.45) is 0 Å². The largest absolute Gasteiger partial charge is 0.391 e. The van der Waals surface area contributed by atoms with Gasteiger partial charge in [0.1, 0.15) is 0 Å². The number of hydrogen-bond acceptors (Lipinski definition) is 4. The first kappa shape index (κ1) is 15.7. The fraction of sp³-hybridized carbons (Fsp3) is 0.375. The van der Waals surface area contributed by atoms with Crippen molar-refractivity contribution in [3.63, 3.8) is 0 Å². The minimum absolute atomic E-state index is 0.223. The Labute approximate surface area is 128 Å². The fourth-order valence-corrected chi connectivity index (χ4v) is 2.73. The van der Waals surface area contributed by atoms with E-state index in [4.69, 9.17) is 0 Å². The number of aromatic nitrogens is 1. The number of hydrogen-bond donors (Lipinski definition) is 2. The van der Waals surface area contributed by atoms with Crippen molar-refractivity contribution in [3.05, 3.63) is 52.0 Å². The van der Waals surface area contributed by atoms with Crippen molar-refractivity contribution >= 4 is 17.2 Å². The average molecular weight is 304 g/mol. The highest BCUT2D eigenvalue weighted by molar-refractivity contribution is 7.13. The highest BCUT2D eigenvalue weighted by Crippen LogP contribution is 2.14. The van der Waals surface area contributed by atoms with E-state index in [0.717, 1.165) is 16.9 Å². The van der Waals surface area contributed by atoms with Crippen molar-refractivity contribution in [1.29, 1.82) is 0 Å². The van der Waals surface area contributed by atoms with Crippen molar-refractivity contribution in [2.75, 3.05) is 0 Å². The molecule has 0 unspecified atom stereocenters. The molecule has 21 heavy (non-hydrogen) atoms. The van der Waals surface area contributed by atoms with Gasteiger partial charge in [0.2, 0.25) is 0 Å². The zero-order valence-corrected chi connectivity index (χ0v) is 13.1. The van der Waals surface area contributed by atoms with Gasteiger partial charge in [-0.3, -0.25) is 4.79 Å². The second kappa shape index (κ2) is 7.33. The Kier molecular flexibility index (Phi) is 5.47. The second-order valence-electron chi connectivity index (χ2n) is 5.00. The lowest BCUT2D eigenvalue weighted by Crippen LogP contribution is -2.42. The zero-order chi connectivity index (χ0) is 15.2. The van der Waals surface area contributed by atoms with Gasteiger partial charge in [0, 0.05) is 17.5 Å². The molecule has 1 amide bonds. The number of amides is 1. The van der Waals surface area contributed by atoms with Crippen LogP contribution >= 0.6 is 11.3 Å². The van der Waals surface area contributed by atoms with E-state index in [2.05, 4.69) is 10.3 Å². The van der Waals surface area contributed by atoms with Gasteiger partial charge in [0.05, 0.1) is 12.1 Å². The fourth-order valence-electron chi connectivity index (χ4n) is 1.97. The van der Waals surface area contributed by atoms with Crippen molar-refractivity contribution < 1.29 is 9.90 Å². The topological polar surface area (TPSA) is 62.2 Å². The molecule has 4 nitrogen and oxygen atoms in total. The van der Waals surface area contributed by atoms with Crippen LogP contribution in [0.15, 0.2) is 36.5 Å². The Bertz CT molecular complexity index is 583. The summed E-state index contributed by atoms with van der Waals surface area (Å²) >= 11 is 1.39. The van der Waals surface area contributed by atoms with Crippen LogP contribution in [-0.2, 0) is 12.8 Å². The lowest BCUT2D eigenvalue weighted by Gasteiger charge is -2.19. The van der Waals surface area contributed by atoms with E-state index in [1.54, 1.807) is 13.1 Å². The monoisotopic (exact) mass is 304 g/mol. The van der Waals surface area contributed by atoms with E-state index >= 15 is 0 Å². The maximum absolute atomic E-state index is 12.1. The van der Waals surface area contributed by atoms with E-state index in [1.807, 2.05) is 37.3 Å². The molecule has 0 spiro atoms. The third kappa shape index (κ3) is 4.37. The highest BCUT2D eigenvalue weighted by Gasteiger charge is 2.19. The normalized spacial score (nSPS) is 13.7. The van der Waals surface area contributed by atoms with Gasteiger partial charge >= 0.3 is 0 Å². The summed E-state index contributed by atoms with van der Waals surface area (Å²) in [4.78, 5) is 17.3. The molecule has 2 N–H and O–H groups in total. The van der Waals surface area contributed by atoms with E-state index in [1.165, 1.54) is 11.3 Å². The molecule has 0 saturated carbocycles. The van der Waals surface area contributed by atoms with E-state index < -0.39 is 6.10 Å². The van der Waals surface area contributed by atoms with Gasteiger partial charge in [0.15, 0.2) is 5.01 Å². The third-order valence-corrected chi connectivity index (χ3v) is 4.46. The molecule has 1 heterocycles. The van der Waals surface area contributed by atoms with Gasteiger partial charge in [0.25, 0.3) is 5.91 Å². The minimum Gasteiger partial charge on any atom is -0.391 e. The van der Waals surface area contributed by atoms with Crippen LogP contribution in [-0.4, -0.2) is 28.1 Å². The first-order valence-corrected chi connectivity index (χ1v) is 7.89. The predicted octanol–water partition coefficient (Wildman–Crippen LogP) is 2.43. The van der Waals surface area contributed by atoms with Crippen LogP contribution in [0.4, 0.5) is 0 Å². The molecule has 1 aromatic carbocycles. The van der Waals surface area contributed by atoms with Gasteiger partial charge in [-0.2, -0.15) is 0 Å². The van der Waals surface area contributed by atoms with Gasteiger partial charge in [-0.25, -0.2) is 4.98 Å². The molecule has 112 valence electrons. The van der Waals surface area contributed by atoms with E-state index in [-0.39, 0.29) is 11.9 Å². The zero-order valence-electron chi connectivity index (χ0n) is 12.2.